The lowest BCUT2D eigenvalue weighted by Crippen LogP contribution is -2.32. The van der Waals surface area contributed by atoms with Gasteiger partial charge in [0.1, 0.15) is 11.6 Å². The van der Waals surface area contributed by atoms with Gasteiger partial charge in [-0.25, -0.2) is 4.98 Å². The van der Waals surface area contributed by atoms with Crippen LogP contribution >= 0.6 is 23.2 Å². The first-order chi connectivity index (χ1) is 8.49. The minimum atomic E-state index is -0.0312. The van der Waals surface area contributed by atoms with Crippen LogP contribution in [0.2, 0.25) is 10.0 Å². The van der Waals surface area contributed by atoms with E-state index in [1.807, 2.05) is 6.92 Å². The number of amides is 1. The van der Waals surface area contributed by atoms with Crippen LogP contribution in [0.3, 0.4) is 0 Å². The molecule has 18 heavy (non-hydrogen) atoms. The summed E-state index contributed by atoms with van der Waals surface area (Å²) < 4.78 is 0. The number of carbonyl (C=O) groups is 1. The van der Waals surface area contributed by atoms with Crippen LogP contribution in [-0.2, 0) is 4.79 Å². The third-order valence-electron chi connectivity index (χ3n) is 2.47. The predicted octanol–water partition coefficient (Wildman–Crippen LogP) is 2.32. The molecule has 0 spiro atoms. The van der Waals surface area contributed by atoms with Crippen LogP contribution in [0, 0.1) is 0 Å². The molecule has 0 aliphatic carbocycles. The number of likely N-dealkylation sites (N-methyl/N-ethyl adjacent to an activating group) is 1. The molecule has 1 aromatic rings. The Kier molecular flexibility index (Phi) is 5.50. The number of carbonyl (C=O) groups excluding carboxylic acids is 1. The van der Waals surface area contributed by atoms with Crippen molar-refractivity contribution in [3.05, 3.63) is 16.1 Å². The highest BCUT2D eigenvalue weighted by atomic mass is 35.5. The number of nitrogens with one attached hydrogen (secondary N) is 2. The molecule has 5 nitrogen and oxygen atoms in total. The van der Waals surface area contributed by atoms with Crippen LogP contribution < -0.4 is 10.6 Å². The van der Waals surface area contributed by atoms with Crippen molar-refractivity contribution >= 4 is 40.7 Å². The lowest BCUT2D eigenvalue weighted by atomic mass is 10.4. The molecular weight excluding hydrogens is 275 g/mol. The summed E-state index contributed by atoms with van der Waals surface area (Å²) >= 11 is 11.9. The third kappa shape index (κ3) is 3.65. The van der Waals surface area contributed by atoms with Gasteiger partial charge in [0.2, 0.25) is 5.91 Å². The molecule has 0 aromatic carbocycles. The minimum Gasteiger partial charge on any atom is -0.372 e. The zero-order chi connectivity index (χ0) is 13.7. The van der Waals surface area contributed by atoms with Crippen molar-refractivity contribution in [2.24, 2.45) is 0 Å². The Bertz CT molecular complexity index is 439. The van der Waals surface area contributed by atoms with E-state index in [-0.39, 0.29) is 12.5 Å². The van der Waals surface area contributed by atoms with Gasteiger partial charge in [0, 0.05) is 20.6 Å². The number of hydrogen-bond acceptors (Lipinski definition) is 4. The van der Waals surface area contributed by atoms with Gasteiger partial charge in [-0.05, 0) is 13.0 Å². The number of pyridine rings is 1. The average Bonchev–Trinajstić information content (AvgIpc) is 2.36. The maximum atomic E-state index is 11.6. The number of halogens is 2. The molecule has 0 radical (unpaired) electrons. The quantitative estimate of drug-likeness (QED) is 0.874. The zero-order valence-corrected chi connectivity index (χ0v) is 12.1. The molecule has 0 aliphatic heterocycles. The molecule has 100 valence electrons. The Morgan fingerprint density at radius 1 is 1.39 bits per heavy atom. The molecule has 1 heterocycles. The van der Waals surface area contributed by atoms with Crippen molar-refractivity contribution in [2.45, 2.75) is 6.92 Å². The molecule has 1 rings (SSSR count). The van der Waals surface area contributed by atoms with Crippen LogP contribution in [0.1, 0.15) is 6.92 Å². The van der Waals surface area contributed by atoms with Gasteiger partial charge in [0.25, 0.3) is 0 Å². The van der Waals surface area contributed by atoms with E-state index in [1.165, 1.54) is 0 Å². The average molecular weight is 291 g/mol. The summed E-state index contributed by atoms with van der Waals surface area (Å²) in [5, 5.41) is 6.56. The molecule has 2 N–H and O–H groups in total. The number of aromatic nitrogens is 1. The predicted molar refractivity (Wildman–Crippen MR) is 75.6 cm³/mol. The second kappa shape index (κ2) is 6.66. The number of nitrogens with zero attached hydrogens (tertiary/aromatic N) is 2. The standard InChI is InChI=1S/C11H16Cl2N4O/c1-4-17(3)9(18)6-15-11-8(13)5-7(12)10(14-2)16-11/h5H,4,6H2,1-3H3,(H2,14,15,16). The van der Waals surface area contributed by atoms with E-state index in [0.29, 0.717) is 28.2 Å². The molecule has 0 aliphatic rings. The lowest BCUT2D eigenvalue weighted by Gasteiger charge is -2.16. The van der Waals surface area contributed by atoms with Crippen molar-refractivity contribution in [3.63, 3.8) is 0 Å². The SMILES string of the molecule is CCN(C)C(=O)CNc1nc(NC)c(Cl)cc1Cl. The second-order valence-corrected chi connectivity index (χ2v) is 4.48. The third-order valence-corrected chi connectivity index (χ3v) is 3.05. The maximum Gasteiger partial charge on any atom is 0.241 e. The fourth-order valence-corrected chi connectivity index (χ4v) is 1.76. The Labute approximate surface area is 116 Å². The van der Waals surface area contributed by atoms with Gasteiger partial charge in [-0.3, -0.25) is 4.79 Å². The second-order valence-electron chi connectivity index (χ2n) is 3.66. The van der Waals surface area contributed by atoms with Crippen molar-refractivity contribution < 1.29 is 4.79 Å². The van der Waals surface area contributed by atoms with Gasteiger partial charge < -0.3 is 15.5 Å². The van der Waals surface area contributed by atoms with E-state index >= 15 is 0 Å². The van der Waals surface area contributed by atoms with Gasteiger partial charge in [0.05, 0.1) is 16.6 Å². The normalized spacial score (nSPS) is 10.1. The summed E-state index contributed by atoms with van der Waals surface area (Å²) in [5.74, 6) is 0.916. The van der Waals surface area contributed by atoms with Crippen LogP contribution in [0.25, 0.3) is 0 Å². The van der Waals surface area contributed by atoms with E-state index in [9.17, 15) is 4.79 Å². The van der Waals surface area contributed by atoms with E-state index in [1.54, 1.807) is 25.1 Å². The zero-order valence-electron chi connectivity index (χ0n) is 10.6. The minimum absolute atomic E-state index is 0.0312. The van der Waals surface area contributed by atoms with E-state index in [4.69, 9.17) is 23.2 Å². The van der Waals surface area contributed by atoms with Crippen LogP contribution in [-0.4, -0.2) is 43.0 Å². The monoisotopic (exact) mass is 290 g/mol. The molecule has 0 bridgehead atoms. The summed E-state index contributed by atoms with van der Waals surface area (Å²) in [6.45, 7) is 2.70. The Hall–Kier alpha value is -1.20. The maximum absolute atomic E-state index is 11.6. The number of hydrogen-bond donors (Lipinski definition) is 2. The summed E-state index contributed by atoms with van der Waals surface area (Å²) in [6, 6.07) is 1.58. The Morgan fingerprint density at radius 3 is 2.56 bits per heavy atom. The number of anilines is 2. The van der Waals surface area contributed by atoms with Crippen molar-refractivity contribution in [2.75, 3.05) is 37.8 Å². The fourth-order valence-electron chi connectivity index (χ4n) is 1.24. The lowest BCUT2D eigenvalue weighted by molar-refractivity contribution is -0.127. The Balaban J connectivity index is 2.76. The van der Waals surface area contributed by atoms with Crippen molar-refractivity contribution in [1.82, 2.24) is 9.88 Å². The summed E-state index contributed by atoms with van der Waals surface area (Å²) in [6.07, 6.45) is 0. The molecule has 0 unspecified atom stereocenters. The highest BCUT2D eigenvalue weighted by molar-refractivity contribution is 6.37. The van der Waals surface area contributed by atoms with Gasteiger partial charge in [-0.2, -0.15) is 0 Å². The van der Waals surface area contributed by atoms with Gasteiger partial charge in [-0.15, -0.1) is 0 Å². The van der Waals surface area contributed by atoms with E-state index in [2.05, 4.69) is 15.6 Å². The molecule has 0 fully saturated rings. The highest BCUT2D eigenvalue weighted by Gasteiger charge is 2.11. The first kappa shape index (κ1) is 14.9. The van der Waals surface area contributed by atoms with Crippen LogP contribution in [0.5, 0.6) is 0 Å². The topological polar surface area (TPSA) is 57.3 Å². The molecule has 1 aromatic heterocycles. The molecule has 7 heteroatoms. The smallest absolute Gasteiger partial charge is 0.241 e. The first-order valence-electron chi connectivity index (χ1n) is 5.51. The van der Waals surface area contributed by atoms with Crippen LogP contribution in [0.15, 0.2) is 6.07 Å². The van der Waals surface area contributed by atoms with Gasteiger partial charge in [0.15, 0.2) is 0 Å². The van der Waals surface area contributed by atoms with Crippen molar-refractivity contribution in [3.8, 4) is 0 Å². The summed E-state index contributed by atoms with van der Waals surface area (Å²) in [5.41, 5.74) is 0. The first-order valence-corrected chi connectivity index (χ1v) is 6.26. The number of rotatable bonds is 5. The molecule has 0 atom stereocenters. The van der Waals surface area contributed by atoms with Crippen molar-refractivity contribution in [1.29, 1.82) is 0 Å². The molecule has 1 amide bonds. The van der Waals surface area contributed by atoms with Gasteiger partial charge in [-0.1, -0.05) is 23.2 Å². The summed E-state index contributed by atoms with van der Waals surface area (Å²) in [7, 11) is 3.45. The highest BCUT2D eigenvalue weighted by Crippen LogP contribution is 2.28. The summed E-state index contributed by atoms with van der Waals surface area (Å²) in [4.78, 5) is 17.4. The molecule has 0 saturated heterocycles. The largest absolute Gasteiger partial charge is 0.372 e. The Morgan fingerprint density at radius 2 is 2.00 bits per heavy atom. The fraction of sp³-hybridized carbons (Fsp3) is 0.455. The van der Waals surface area contributed by atoms with E-state index < -0.39 is 0 Å². The van der Waals surface area contributed by atoms with E-state index in [0.717, 1.165) is 0 Å². The molecule has 0 saturated carbocycles. The van der Waals surface area contributed by atoms with Gasteiger partial charge >= 0.3 is 0 Å². The molecular formula is C11H16Cl2N4O. The van der Waals surface area contributed by atoms with Crippen LogP contribution in [0.4, 0.5) is 11.6 Å².